The molecule has 21 heavy (non-hydrogen) atoms. The van der Waals surface area contributed by atoms with E-state index in [9.17, 15) is 5.11 Å². The van der Waals surface area contributed by atoms with Gasteiger partial charge in [-0.25, -0.2) is 0 Å². The van der Waals surface area contributed by atoms with Crippen LogP contribution in [0.15, 0.2) is 21.1 Å². The van der Waals surface area contributed by atoms with E-state index in [0.717, 1.165) is 46.9 Å². The molecule has 0 aromatic heterocycles. The Morgan fingerprint density at radius 1 is 1.19 bits per heavy atom. The molecule has 2 N–H and O–H groups in total. The molecule has 0 bridgehead atoms. The van der Waals surface area contributed by atoms with E-state index in [4.69, 9.17) is 4.74 Å². The van der Waals surface area contributed by atoms with E-state index in [-0.39, 0.29) is 0 Å². The Morgan fingerprint density at radius 3 is 2.38 bits per heavy atom. The first-order valence-electron chi connectivity index (χ1n) is 7.62. The van der Waals surface area contributed by atoms with Crippen molar-refractivity contribution in [1.29, 1.82) is 0 Å². The second kappa shape index (κ2) is 6.57. The molecule has 0 amide bonds. The van der Waals surface area contributed by atoms with Crippen LogP contribution in [0.5, 0.6) is 5.75 Å². The minimum Gasteiger partial charge on any atom is -0.488 e. The monoisotopic (exact) mass is 417 g/mol. The van der Waals surface area contributed by atoms with Crippen molar-refractivity contribution in [2.75, 3.05) is 6.61 Å². The van der Waals surface area contributed by atoms with E-state index in [1.165, 1.54) is 18.4 Å². The number of rotatable bonds is 6. The average molecular weight is 419 g/mol. The van der Waals surface area contributed by atoms with Gasteiger partial charge < -0.3 is 15.2 Å². The lowest BCUT2D eigenvalue weighted by Gasteiger charge is -2.23. The molecule has 3 nitrogen and oxygen atoms in total. The predicted octanol–water partition coefficient (Wildman–Crippen LogP) is 4.15. The van der Waals surface area contributed by atoms with Gasteiger partial charge in [-0.3, -0.25) is 0 Å². The fraction of sp³-hybridized carbons (Fsp3) is 0.625. The van der Waals surface area contributed by atoms with Crippen molar-refractivity contribution in [2.24, 2.45) is 0 Å². The van der Waals surface area contributed by atoms with Gasteiger partial charge in [0.1, 0.15) is 12.4 Å². The zero-order valence-electron chi connectivity index (χ0n) is 12.0. The molecule has 0 radical (unpaired) electrons. The molecule has 2 aliphatic rings. The lowest BCUT2D eigenvalue weighted by Crippen LogP contribution is -2.32. The summed E-state index contributed by atoms with van der Waals surface area (Å²) < 4.78 is 7.76. The van der Waals surface area contributed by atoms with Gasteiger partial charge in [-0.15, -0.1) is 0 Å². The molecule has 0 atom stereocenters. The maximum Gasteiger partial charge on any atom is 0.147 e. The molecule has 0 spiro atoms. The summed E-state index contributed by atoms with van der Waals surface area (Å²) in [5, 5.41) is 13.9. The molecule has 0 heterocycles. The van der Waals surface area contributed by atoms with E-state index in [2.05, 4.69) is 49.3 Å². The van der Waals surface area contributed by atoms with E-state index in [1.54, 1.807) is 0 Å². The van der Waals surface area contributed by atoms with Gasteiger partial charge in [0.15, 0.2) is 0 Å². The fourth-order valence-electron chi connectivity index (χ4n) is 2.79. The highest BCUT2D eigenvalue weighted by atomic mass is 79.9. The smallest absolute Gasteiger partial charge is 0.147 e. The topological polar surface area (TPSA) is 41.5 Å². The second-order valence-corrected chi connectivity index (χ2v) is 7.97. The van der Waals surface area contributed by atoms with Crippen LogP contribution in [0.1, 0.15) is 44.1 Å². The highest BCUT2D eigenvalue weighted by Crippen LogP contribution is 2.37. The normalized spacial score (nSPS) is 20.7. The summed E-state index contributed by atoms with van der Waals surface area (Å²) in [6.07, 6.45) is 6.45. The summed E-state index contributed by atoms with van der Waals surface area (Å²) in [5.74, 6) is 0.783. The summed E-state index contributed by atoms with van der Waals surface area (Å²) in [7, 11) is 0. The first kappa shape index (κ1) is 15.8. The molecule has 5 heteroatoms. The quantitative estimate of drug-likeness (QED) is 0.729. The van der Waals surface area contributed by atoms with Gasteiger partial charge in [0.2, 0.25) is 0 Å². The number of benzene rings is 1. The van der Waals surface area contributed by atoms with Gasteiger partial charge in [-0.2, -0.15) is 0 Å². The van der Waals surface area contributed by atoms with Crippen molar-refractivity contribution < 1.29 is 9.84 Å². The Morgan fingerprint density at radius 2 is 1.81 bits per heavy atom. The maximum absolute atomic E-state index is 10.4. The molecular formula is C16H21Br2NO2. The average Bonchev–Trinajstić information content (AvgIpc) is 3.17. The van der Waals surface area contributed by atoms with Crippen LogP contribution in [0.4, 0.5) is 0 Å². The Kier molecular flexibility index (Phi) is 4.94. The summed E-state index contributed by atoms with van der Waals surface area (Å²) in [5.41, 5.74) is 0.582. The number of hydrogen-bond donors (Lipinski definition) is 2. The third-order valence-electron chi connectivity index (χ3n) is 4.25. The third-order valence-corrected chi connectivity index (χ3v) is 5.43. The van der Waals surface area contributed by atoms with Crippen molar-refractivity contribution in [1.82, 2.24) is 5.32 Å². The van der Waals surface area contributed by atoms with Crippen molar-refractivity contribution in [3.8, 4) is 5.75 Å². The zero-order valence-corrected chi connectivity index (χ0v) is 15.2. The Balaban J connectivity index is 1.63. The molecule has 0 aliphatic heterocycles. The van der Waals surface area contributed by atoms with Gasteiger partial charge in [0, 0.05) is 12.6 Å². The Bertz CT molecular complexity index is 488. The molecule has 1 aromatic carbocycles. The Labute approximate surface area is 142 Å². The maximum atomic E-state index is 10.4. The molecule has 0 unspecified atom stereocenters. The van der Waals surface area contributed by atoms with Crippen LogP contribution in [0, 0.1) is 0 Å². The lowest BCUT2D eigenvalue weighted by molar-refractivity contribution is 0.000948. The van der Waals surface area contributed by atoms with Crippen molar-refractivity contribution in [2.45, 2.75) is 56.7 Å². The van der Waals surface area contributed by atoms with Crippen LogP contribution in [0.3, 0.4) is 0 Å². The molecular weight excluding hydrogens is 398 g/mol. The number of ether oxygens (including phenoxy) is 1. The second-order valence-electron chi connectivity index (χ2n) is 6.26. The number of aliphatic hydroxyl groups is 1. The van der Waals surface area contributed by atoms with E-state index in [0.29, 0.717) is 12.6 Å². The molecule has 1 aromatic rings. The largest absolute Gasteiger partial charge is 0.488 e. The van der Waals surface area contributed by atoms with Crippen LogP contribution >= 0.6 is 31.9 Å². The van der Waals surface area contributed by atoms with Crippen LogP contribution in [0.2, 0.25) is 0 Å². The minimum absolute atomic E-state index is 0.365. The van der Waals surface area contributed by atoms with E-state index < -0.39 is 5.60 Å². The molecule has 116 valence electrons. The molecule has 2 aliphatic carbocycles. The SMILES string of the molecule is OC1(COc2c(Br)cc(CNC3CC3)cc2Br)CCCC1. The first-order chi connectivity index (χ1) is 10.1. The van der Waals surface area contributed by atoms with E-state index >= 15 is 0 Å². The highest BCUT2D eigenvalue weighted by Gasteiger charge is 2.32. The zero-order chi connectivity index (χ0) is 14.9. The molecule has 2 saturated carbocycles. The highest BCUT2D eigenvalue weighted by molar-refractivity contribution is 9.11. The molecule has 2 fully saturated rings. The summed E-state index contributed by atoms with van der Waals surface area (Å²) in [6.45, 7) is 1.25. The minimum atomic E-state index is -0.648. The summed E-state index contributed by atoms with van der Waals surface area (Å²) >= 11 is 7.17. The van der Waals surface area contributed by atoms with Crippen LogP contribution in [-0.2, 0) is 6.54 Å². The summed E-state index contributed by atoms with van der Waals surface area (Å²) in [6, 6.07) is 4.89. The van der Waals surface area contributed by atoms with Gasteiger partial charge in [0.25, 0.3) is 0 Å². The predicted molar refractivity (Wildman–Crippen MR) is 90.6 cm³/mol. The van der Waals surface area contributed by atoms with Crippen LogP contribution < -0.4 is 10.1 Å². The van der Waals surface area contributed by atoms with Gasteiger partial charge >= 0.3 is 0 Å². The fourth-order valence-corrected chi connectivity index (χ4v) is 4.30. The lowest BCUT2D eigenvalue weighted by atomic mass is 10.0. The van der Waals surface area contributed by atoms with Gasteiger partial charge in [-0.1, -0.05) is 12.8 Å². The van der Waals surface area contributed by atoms with Crippen LogP contribution in [-0.4, -0.2) is 23.4 Å². The van der Waals surface area contributed by atoms with E-state index in [1.807, 2.05) is 0 Å². The van der Waals surface area contributed by atoms with Crippen molar-refractivity contribution in [3.63, 3.8) is 0 Å². The molecule has 3 rings (SSSR count). The Hall–Kier alpha value is -0.100. The number of nitrogens with one attached hydrogen (secondary N) is 1. The number of hydrogen-bond acceptors (Lipinski definition) is 3. The molecule has 0 saturated heterocycles. The number of halogens is 2. The van der Waals surface area contributed by atoms with Gasteiger partial charge in [0.05, 0.1) is 14.5 Å². The first-order valence-corrected chi connectivity index (χ1v) is 9.21. The van der Waals surface area contributed by atoms with Crippen LogP contribution in [0.25, 0.3) is 0 Å². The third kappa shape index (κ3) is 4.21. The standard InChI is InChI=1S/C16H21Br2NO2/c17-13-7-11(9-19-12-3-4-12)8-14(18)15(13)21-10-16(20)5-1-2-6-16/h7-8,12,19-20H,1-6,9-10H2. The van der Waals surface area contributed by atoms with Gasteiger partial charge in [-0.05, 0) is 75.2 Å². The summed E-state index contributed by atoms with van der Waals surface area (Å²) in [4.78, 5) is 0. The van der Waals surface area contributed by atoms with Crippen molar-refractivity contribution in [3.05, 3.63) is 26.6 Å². The van der Waals surface area contributed by atoms with Crippen molar-refractivity contribution >= 4 is 31.9 Å².